The van der Waals surface area contributed by atoms with E-state index in [2.05, 4.69) is 10.3 Å². The second kappa shape index (κ2) is 5.58. The fraction of sp³-hybridized carbons (Fsp3) is 0. The molecule has 0 saturated heterocycles. The highest BCUT2D eigenvalue weighted by molar-refractivity contribution is 6.04. The van der Waals surface area contributed by atoms with Crippen molar-refractivity contribution in [2.45, 2.75) is 0 Å². The van der Waals surface area contributed by atoms with E-state index in [-0.39, 0.29) is 11.7 Å². The van der Waals surface area contributed by atoms with Gasteiger partial charge in [0, 0.05) is 16.8 Å². The number of hydrogen-bond acceptors (Lipinski definition) is 3. The summed E-state index contributed by atoms with van der Waals surface area (Å²) in [6.07, 6.45) is 2.98. The highest BCUT2D eigenvalue weighted by Gasteiger charge is 2.07. The van der Waals surface area contributed by atoms with Crippen LogP contribution in [-0.2, 0) is 0 Å². The lowest BCUT2D eigenvalue weighted by atomic mass is 10.1. The molecule has 0 bridgehead atoms. The molecule has 0 radical (unpaired) electrons. The van der Waals surface area contributed by atoms with Gasteiger partial charge >= 0.3 is 0 Å². The standard InChI is InChI=1S/C16H11FN2O2/c17-13-5-1-12(2-6-13)16(20)19-14-7-3-11(4-8-14)15-9-18-10-21-15/h1-10H,(H,19,20). The number of benzene rings is 2. The third-order valence-electron chi connectivity index (χ3n) is 2.97. The molecule has 0 fully saturated rings. The van der Waals surface area contributed by atoms with Crippen molar-refractivity contribution in [3.63, 3.8) is 0 Å². The highest BCUT2D eigenvalue weighted by atomic mass is 19.1. The van der Waals surface area contributed by atoms with Crippen molar-refractivity contribution < 1.29 is 13.6 Å². The molecule has 1 aromatic heterocycles. The van der Waals surface area contributed by atoms with E-state index in [9.17, 15) is 9.18 Å². The fourth-order valence-electron chi connectivity index (χ4n) is 1.88. The van der Waals surface area contributed by atoms with E-state index < -0.39 is 0 Å². The predicted octanol–water partition coefficient (Wildman–Crippen LogP) is 3.73. The molecule has 0 unspecified atom stereocenters. The lowest BCUT2D eigenvalue weighted by Crippen LogP contribution is -2.11. The van der Waals surface area contributed by atoms with Crippen molar-refractivity contribution in [1.29, 1.82) is 0 Å². The summed E-state index contributed by atoms with van der Waals surface area (Å²) in [5, 5.41) is 2.74. The molecule has 1 heterocycles. The van der Waals surface area contributed by atoms with Gasteiger partial charge in [0.15, 0.2) is 12.2 Å². The maximum Gasteiger partial charge on any atom is 0.255 e. The van der Waals surface area contributed by atoms with E-state index >= 15 is 0 Å². The number of hydrogen-bond donors (Lipinski definition) is 1. The number of aromatic nitrogens is 1. The van der Waals surface area contributed by atoms with Gasteiger partial charge in [0.2, 0.25) is 0 Å². The molecule has 4 nitrogen and oxygen atoms in total. The van der Waals surface area contributed by atoms with Crippen molar-refractivity contribution in [2.75, 3.05) is 5.32 Å². The quantitative estimate of drug-likeness (QED) is 0.796. The minimum Gasteiger partial charge on any atom is -0.444 e. The largest absolute Gasteiger partial charge is 0.444 e. The Bertz CT molecular complexity index is 735. The SMILES string of the molecule is O=C(Nc1ccc(-c2cnco2)cc1)c1ccc(F)cc1. The van der Waals surface area contributed by atoms with Crippen LogP contribution in [0.1, 0.15) is 10.4 Å². The van der Waals surface area contributed by atoms with E-state index in [4.69, 9.17) is 4.42 Å². The molecule has 3 aromatic rings. The Morgan fingerprint density at radius 1 is 1.05 bits per heavy atom. The molecular formula is C16H11FN2O2. The zero-order valence-electron chi connectivity index (χ0n) is 10.9. The van der Waals surface area contributed by atoms with Crippen molar-refractivity contribution >= 4 is 11.6 Å². The summed E-state index contributed by atoms with van der Waals surface area (Å²) in [7, 11) is 0. The van der Waals surface area contributed by atoms with Gasteiger partial charge in [-0.2, -0.15) is 0 Å². The second-order valence-electron chi connectivity index (χ2n) is 4.40. The molecule has 0 aliphatic heterocycles. The van der Waals surface area contributed by atoms with Gasteiger partial charge in [-0.3, -0.25) is 4.79 Å². The zero-order chi connectivity index (χ0) is 14.7. The van der Waals surface area contributed by atoms with Gasteiger partial charge in [-0.1, -0.05) is 0 Å². The monoisotopic (exact) mass is 282 g/mol. The average Bonchev–Trinajstić information content (AvgIpc) is 3.03. The molecule has 104 valence electrons. The van der Waals surface area contributed by atoms with Crippen molar-refractivity contribution in [3.05, 3.63) is 72.5 Å². The number of nitrogens with zero attached hydrogens (tertiary/aromatic N) is 1. The van der Waals surface area contributed by atoms with Crippen LogP contribution in [0.3, 0.4) is 0 Å². The maximum absolute atomic E-state index is 12.8. The topological polar surface area (TPSA) is 55.1 Å². The first-order valence-corrected chi connectivity index (χ1v) is 6.28. The van der Waals surface area contributed by atoms with Gasteiger partial charge in [-0.05, 0) is 48.5 Å². The Kier molecular flexibility index (Phi) is 3.47. The molecule has 0 aliphatic rings. The molecule has 5 heteroatoms. The first-order chi connectivity index (χ1) is 10.2. The Hall–Kier alpha value is -2.95. The van der Waals surface area contributed by atoms with Crippen LogP contribution in [0.25, 0.3) is 11.3 Å². The smallest absolute Gasteiger partial charge is 0.255 e. The van der Waals surface area contributed by atoms with Crippen LogP contribution in [0, 0.1) is 5.82 Å². The van der Waals surface area contributed by atoms with Crippen molar-refractivity contribution in [3.8, 4) is 11.3 Å². The molecule has 0 aliphatic carbocycles. The number of halogens is 1. The fourth-order valence-corrected chi connectivity index (χ4v) is 1.88. The Balaban J connectivity index is 1.73. The van der Waals surface area contributed by atoms with E-state index in [0.29, 0.717) is 17.0 Å². The summed E-state index contributed by atoms with van der Waals surface area (Å²) in [5.74, 6) is -0.00298. The van der Waals surface area contributed by atoms with Gasteiger partial charge in [0.05, 0.1) is 6.20 Å². The normalized spacial score (nSPS) is 10.3. The first-order valence-electron chi connectivity index (χ1n) is 6.28. The number of nitrogens with one attached hydrogen (secondary N) is 1. The third kappa shape index (κ3) is 2.97. The number of anilines is 1. The van der Waals surface area contributed by atoms with Crippen LogP contribution in [0.15, 0.2) is 65.5 Å². The van der Waals surface area contributed by atoms with E-state index in [1.807, 2.05) is 12.1 Å². The van der Waals surface area contributed by atoms with Gasteiger partial charge in [0.1, 0.15) is 5.82 Å². The zero-order valence-corrected chi connectivity index (χ0v) is 10.9. The molecule has 1 amide bonds. The lowest BCUT2D eigenvalue weighted by Gasteiger charge is -2.06. The number of oxazole rings is 1. The molecular weight excluding hydrogens is 271 g/mol. The van der Waals surface area contributed by atoms with Crippen LogP contribution in [-0.4, -0.2) is 10.9 Å². The Morgan fingerprint density at radius 2 is 1.76 bits per heavy atom. The van der Waals surface area contributed by atoms with Crippen molar-refractivity contribution in [1.82, 2.24) is 4.98 Å². The maximum atomic E-state index is 12.8. The first kappa shape index (κ1) is 13.1. The van der Waals surface area contributed by atoms with E-state index in [1.165, 1.54) is 30.7 Å². The molecule has 3 rings (SSSR count). The van der Waals surface area contributed by atoms with Crippen LogP contribution < -0.4 is 5.32 Å². The van der Waals surface area contributed by atoms with Gasteiger partial charge in [0.25, 0.3) is 5.91 Å². The van der Waals surface area contributed by atoms with E-state index in [1.54, 1.807) is 18.3 Å². The molecule has 1 N–H and O–H groups in total. The van der Waals surface area contributed by atoms with Gasteiger partial charge < -0.3 is 9.73 Å². The predicted molar refractivity (Wildman–Crippen MR) is 76.3 cm³/mol. The van der Waals surface area contributed by atoms with Gasteiger partial charge in [-0.15, -0.1) is 0 Å². The summed E-state index contributed by atoms with van der Waals surface area (Å²) < 4.78 is 18.0. The molecule has 0 spiro atoms. The summed E-state index contributed by atoms with van der Waals surface area (Å²) in [4.78, 5) is 15.8. The molecule has 0 saturated carbocycles. The highest BCUT2D eigenvalue weighted by Crippen LogP contribution is 2.21. The Labute approximate surface area is 120 Å². The number of carbonyl (C=O) groups excluding carboxylic acids is 1. The second-order valence-corrected chi connectivity index (χ2v) is 4.40. The third-order valence-corrected chi connectivity index (χ3v) is 2.97. The molecule has 2 aromatic carbocycles. The van der Waals surface area contributed by atoms with Crippen LogP contribution in [0.5, 0.6) is 0 Å². The summed E-state index contributed by atoms with van der Waals surface area (Å²) >= 11 is 0. The lowest BCUT2D eigenvalue weighted by molar-refractivity contribution is 0.102. The van der Waals surface area contributed by atoms with Gasteiger partial charge in [-0.25, -0.2) is 9.37 Å². The van der Waals surface area contributed by atoms with Crippen LogP contribution in [0.4, 0.5) is 10.1 Å². The van der Waals surface area contributed by atoms with E-state index in [0.717, 1.165) is 5.56 Å². The molecule has 0 atom stereocenters. The van der Waals surface area contributed by atoms with Crippen molar-refractivity contribution in [2.24, 2.45) is 0 Å². The number of carbonyl (C=O) groups is 1. The minimum atomic E-state index is -0.372. The minimum absolute atomic E-state index is 0.289. The summed E-state index contributed by atoms with van der Waals surface area (Å²) in [6, 6.07) is 12.5. The summed E-state index contributed by atoms with van der Waals surface area (Å²) in [6.45, 7) is 0. The number of rotatable bonds is 3. The summed E-state index contributed by atoms with van der Waals surface area (Å²) in [5.41, 5.74) is 1.91. The number of amides is 1. The van der Waals surface area contributed by atoms with Crippen LogP contribution >= 0.6 is 0 Å². The van der Waals surface area contributed by atoms with Crippen LogP contribution in [0.2, 0.25) is 0 Å². The Morgan fingerprint density at radius 3 is 2.38 bits per heavy atom. The average molecular weight is 282 g/mol. The molecule has 21 heavy (non-hydrogen) atoms.